The predicted molar refractivity (Wildman–Crippen MR) is 130 cm³/mol. The van der Waals surface area contributed by atoms with E-state index < -0.39 is 0 Å². The zero-order chi connectivity index (χ0) is 23.9. The lowest BCUT2D eigenvalue weighted by molar-refractivity contribution is -0.125. The maximum atomic E-state index is 12.8. The molecular formula is C26H30N4O4. The number of hydrogen-bond acceptors (Lipinski definition) is 7. The van der Waals surface area contributed by atoms with E-state index in [4.69, 9.17) is 14.2 Å². The Bertz CT molecular complexity index is 1090. The lowest BCUT2D eigenvalue weighted by Crippen LogP contribution is -2.40. The van der Waals surface area contributed by atoms with E-state index in [1.165, 1.54) is 0 Å². The fourth-order valence-electron chi connectivity index (χ4n) is 3.98. The average Bonchev–Trinajstić information content (AvgIpc) is 2.88. The second-order valence-electron chi connectivity index (χ2n) is 8.30. The molecule has 1 fully saturated rings. The van der Waals surface area contributed by atoms with Crippen molar-refractivity contribution in [2.75, 3.05) is 32.2 Å². The molecule has 1 N–H and O–H groups in total. The van der Waals surface area contributed by atoms with Crippen molar-refractivity contribution in [1.82, 2.24) is 15.3 Å². The molecule has 1 aliphatic rings. The molecule has 1 aliphatic heterocycles. The number of aromatic nitrogens is 2. The predicted octanol–water partition coefficient (Wildman–Crippen LogP) is 4.13. The molecule has 2 aromatic carbocycles. The molecule has 1 amide bonds. The third kappa shape index (κ3) is 5.75. The maximum Gasteiger partial charge on any atom is 0.263 e. The van der Waals surface area contributed by atoms with Crippen molar-refractivity contribution < 1.29 is 19.0 Å². The number of piperidine rings is 1. The first-order valence-corrected chi connectivity index (χ1v) is 11.4. The third-order valence-corrected chi connectivity index (χ3v) is 5.93. The molecule has 0 spiro atoms. The molecule has 0 unspecified atom stereocenters. The van der Waals surface area contributed by atoms with Crippen molar-refractivity contribution in [1.29, 1.82) is 0 Å². The highest BCUT2D eigenvalue weighted by Gasteiger charge is 2.27. The fourth-order valence-corrected chi connectivity index (χ4v) is 3.98. The van der Waals surface area contributed by atoms with Gasteiger partial charge in [-0.05, 0) is 49.6 Å². The van der Waals surface area contributed by atoms with Gasteiger partial charge in [-0.3, -0.25) is 4.79 Å². The van der Waals surface area contributed by atoms with E-state index in [2.05, 4.69) is 20.2 Å². The Hall–Kier alpha value is -3.81. The van der Waals surface area contributed by atoms with Gasteiger partial charge in [0.25, 0.3) is 5.88 Å². The molecule has 2 heterocycles. The number of anilines is 1. The number of aryl methyl sites for hydroxylation is 1. The van der Waals surface area contributed by atoms with Crippen molar-refractivity contribution in [3.05, 3.63) is 66.0 Å². The first-order valence-electron chi connectivity index (χ1n) is 11.4. The molecule has 3 aromatic rings. The molecule has 0 bridgehead atoms. The van der Waals surface area contributed by atoms with E-state index in [0.717, 1.165) is 29.7 Å². The van der Waals surface area contributed by atoms with E-state index >= 15 is 0 Å². The normalized spacial score (nSPS) is 13.9. The smallest absolute Gasteiger partial charge is 0.263 e. The molecular weight excluding hydrogens is 432 g/mol. The molecule has 0 radical (unpaired) electrons. The second kappa shape index (κ2) is 10.9. The topological polar surface area (TPSA) is 85.8 Å². The zero-order valence-corrected chi connectivity index (χ0v) is 19.8. The van der Waals surface area contributed by atoms with Gasteiger partial charge in [0.15, 0.2) is 5.82 Å². The third-order valence-electron chi connectivity index (χ3n) is 5.93. The van der Waals surface area contributed by atoms with Gasteiger partial charge in [-0.1, -0.05) is 17.7 Å². The minimum absolute atomic E-state index is 0.0525. The number of amides is 1. The van der Waals surface area contributed by atoms with Gasteiger partial charge in [-0.25, -0.2) is 9.97 Å². The summed E-state index contributed by atoms with van der Waals surface area (Å²) in [6.45, 7) is 3.86. The molecule has 8 nitrogen and oxygen atoms in total. The summed E-state index contributed by atoms with van der Waals surface area (Å²) in [6, 6.07) is 13.4. The first kappa shape index (κ1) is 23.4. The van der Waals surface area contributed by atoms with Crippen LogP contribution in [0, 0.1) is 12.8 Å². The van der Waals surface area contributed by atoms with Gasteiger partial charge >= 0.3 is 0 Å². The van der Waals surface area contributed by atoms with Gasteiger partial charge in [0.05, 0.1) is 14.2 Å². The number of nitrogens with zero attached hydrogens (tertiary/aromatic N) is 3. The Kier molecular flexibility index (Phi) is 7.47. The quantitative estimate of drug-likeness (QED) is 0.539. The SMILES string of the molecule is COc1cc(CNC(=O)C2CCN(c3nccnc3Oc3ccc(C)cc3)CC2)cc(OC)c1. The summed E-state index contributed by atoms with van der Waals surface area (Å²) >= 11 is 0. The first-order chi connectivity index (χ1) is 16.6. The maximum absolute atomic E-state index is 12.8. The summed E-state index contributed by atoms with van der Waals surface area (Å²) in [5, 5.41) is 3.05. The van der Waals surface area contributed by atoms with Gasteiger partial charge in [0.2, 0.25) is 5.91 Å². The summed E-state index contributed by atoms with van der Waals surface area (Å²) < 4.78 is 16.6. The van der Waals surface area contributed by atoms with Crippen molar-refractivity contribution in [3.63, 3.8) is 0 Å². The summed E-state index contributed by atoms with van der Waals surface area (Å²) in [5.74, 6) is 3.29. The zero-order valence-electron chi connectivity index (χ0n) is 19.8. The standard InChI is InChI=1S/C26H30N4O4/c1-18-4-6-21(7-5-18)34-26-24(27-10-11-28-26)30-12-8-20(9-13-30)25(31)29-17-19-14-22(32-2)16-23(15-19)33-3/h4-7,10-11,14-16,20H,8-9,12-13,17H2,1-3H3,(H,29,31). The van der Waals surface area contributed by atoms with Gasteiger partial charge in [0.1, 0.15) is 17.2 Å². The highest BCUT2D eigenvalue weighted by Crippen LogP contribution is 2.31. The van der Waals surface area contributed by atoms with Crippen LogP contribution < -0.4 is 24.4 Å². The van der Waals surface area contributed by atoms with Gasteiger partial charge in [-0.15, -0.1) is 0 Å². The van der Waals surface area contributed by atoms with Crippen LogP contribution in [0.15, 0.2) is 54.9 Å². The lowest BCUT2D eigenvalue weighted by atomic mass is 9.96. The van der Waals surface area contributed by atoms with E-state index in [-0.39, 0.29) is 11.8 Å². The fraction of sp³-hybridized carbons (Fsp3) is 0.346. The summed E-state index contributed by atoms with van der Waals surface area (Å²) in [4.78, 5) is 23.8. The summed E-state index contributed by atoms with van der Waals surface area (Å²) in [7, 11) is 3.22. The Balaban J connectivity index is 1.34. The molecule has 1 aromatic heterocycles. The monoisotopic (exact) mass is 462 g/mol. The van der Waals surface area contributed by atoms with Crippen LogP contribution in [0.5, 0.6) is 23.1 Å². The van der Waals surface area contributed by atoms with E-state index in [1.807, 2.05) is 49.4 Å². The number of carbonyl (C=O) groups is 1. The number of carbonyl (C=O) groups excluding carboxylic acids is 1. The molecule has 4 rings (SSSR count). The van der Waals surface area contributed by atoms with Crippen LogP contribution >= 0.6 is 0 Å². The van der Waals surface area contributed by atoms with Crippen molar-refractivity contribution >= 4 is 11.7 Å². The Labute approximate surface area is 199 Å². The van der Waals surface area contributed by atoms with Crippen molar-refractivity contribution in [3.8, 4) is 23.1 Å². The summed E-state index contributed by atoms with van der Waals surface area (Å²) in [5.41, 5.74) is 2.09. The second-order valence-corrected chi connectivity index (χ2v) is 8.30. The molecule has 8 heteroatoms. The molecule has 0 atom stereocenters. The number of benzene rings is 2. The Morgan fingerprint density at radius 2 is 1.62 bits per heavy atom. The van der Waals surface area contributed by atoms with E-state index in [9.17, 15) is 4.79 Å². The largest absolute Gasteiger partial charge is 0.497 e. The van der Waals surface area contributed by atoms with Crippen LogP contribution in [0.2, 0.25) is 0 Å². The van der Waals surface area contributed by atoms with Crippen molar-refractivity contribution in [2.45, 2.75) is 26.3 Å². The highest BCUT2D eigenvalue weighted by molar-refractivity contribution is 5.79. The molecule has 0 aliphatic carbocycles. The van der Waals surface area contributed by atoms with Crippen LogP contribution in [0.3, 0.4) is 0 Å². The van der Waals surface area contributed by atoms with Gasteiger partial charge in [0, 0.05) is 44.0 Å². The van der Waals surface area contributed by atoms with Gasteiger partial charge in [-0.2, -0.15) is 0 Å². The number of rotatable bonds is 8. The Morgan fingerprint density at radius 1 is 0.971 bits per heavy atom. The lowest BCUT2D eigenvalue weighted by Gasteiger charge is -2.32. The van der Waals surface area contributed by atoms with Crippen LogP contribution in [-0.2, 0) is 11.3 Å². The highest BCUT2D eigenvalue weighted by atomic mass is 16.5. The van der Waals surface area contributed by atoms with Crippen LogP contribution in [0.25, 0.3) is 0 Å². The number of methoxy groups -OCH3 is 2. The molecule has 1 saturated heterocycles. The van der Waals surface area contributed by atoms with Crippen LogP contribution in [0.1, 0.15) is 24.0 Å². The van der Waals surface area contributed by atoms with Crippen LogP contribution in [-0.4, -0.2) is 43.2 Å². The number of nitrogens with one attached hydrogen (secondary N) is 1. The molecule has 0 saturated carbocycles. The molecule has 34 heavy (non-hydrogen) atoms. The summed E-state index contributed by atoms with van der Waals surface area (Å²) in [6.07, 6.45) is 4.75. The van der Waals surface area contributed by atoms with Crippen LogP contribution in [0.4, 0.5) is 5.82 Å². The number of ether oxygens (including phenoxy) is 3. The van der Waals surface area contributed by atoms with E-state index in [0.29, 0.717) is 42.8 Å². The number of hydrogen-bond donors (Lipinski definition) is 1. The molecule has 178 valence electrons. The average molecular weight is 463 g/mol. The van der Waals surface area contributed by atoms with E-state index in [1.54, 1.807) is 26.6 Å². The van der Waals surface area contributed by atoms with Crippen molar-refractivity contribution in [2.24, 2.45) is 5.92 Å². The minimum Gasteiger partial charge on any atom is -0.497 e. The Morgan fingerprint density at radius 3 is 2.26 bits per heavy atom. The minimum atomic E-state index is -0.0538. The van der Waals surface area contributed by atoms with Gasteiger partial charge < -0.3 is 24.4 Å².